The van der Waals surface area contributed by atoms with Crippen LogP contribution in [0.4, 0.5) is 0 Å². The van der Waals surface area contributed by atoms with Crippen molar-refractivity contribution in [3.63, 3.8) is 0 Å². The van der Waals surface area contributed by atoms with E-state index in [0.717, 1.165) is 6.42 Å². The molecular weight excluding hydrogens is 584 g/mol. The van der Waals surface area contributed by atoms with E-state index in [1.54, 1.807) is 18.4 Å². The lowest BCUT2D eigenvalue weighted by atomic mass is 10.0. The molecule has 1 heterocycles. The Bertz CT molecular complexity index is 1130. The predicted octanol–water partition coefficient (Wildman–Crippen LogP) is -2.28. The standard InChI is InChI=1S/C27H40N6O9S/c1-43-12-10-18(24(38)31-19(27(41)42)8-9-22(28)36)30-26(40)21(14-34)33-25(39)20(13-15-4-6-16(35)7-5-15)32-23(37)17-3-2-11-29-17/h4-7,17-21,29,34-35H,2-3,8-14H2,1H3,(H2,28,36)(H,30,40)(H,31,38)(H,32,37)(H,33,39)(H,41,42)/t17-,18-,19-,20-,21-/m0/s1. The molecule has 15 nitrogen and oxygen atoms in total. The highest BCUT2D eigenvalue weighted by molar-refractivity contribution is 7.98. The number of aliphatic hydroxyl groups excluding tert-OH is 1. The second kappa shape index (κ2) is 17.9. The number of nitrogens with one attached hydrogen (secondary N) is 5. The van der Waals surface area contributed by atoms with Crippen LogP contribution < -0.4 is 32.3 Å². The van der Waals surface area contributed by atoms with Gasteiger partial charge < -0.3 is 47.6 Å². The van der Waals surface area contributed by atoms with Crippen molar-refractivity contribution in [2.24, 2.45) is 5.73 Å². The summed E-state index contributed by atoms with van der Waals surface area (Å²) in [7, 11) is 0. The van der Waals surface area contributed by atoms with Gasteiger partial charge >= 0.3 is 5.97 Å². The monoisotopic (exact) mass is 624 g/mol. The molecule has 10 N–H and O–H groups in total. The first-order valence-corrected chi connectivity index (χ1v) is 15.2. The van der Waals surface area contributed by atoms with Gasteiger partial charge in [-0.3, -0.25) is 24.0 Å². The van der Waals surface area contributed by atoms with Gasteiger partial charge in [0.25, 0.3) is 0 Å². The van der Waals surface area contributed by atoms with E-state index in [9.17, 15) is 44.1 Å². The van der Waals surface area contributed by atoms with Crippen LogP contribution in [0.2, 0.25) is 0 Å². The normalized spacial score (nSPS) is 17.1. The Morgan fingerprint density at radius 2 is 1.53 bits per heavy atom. The van der Waals surface area contributed by atoms with E-state index in [4.69, 9.17) is 5.73 Å². The van der Waals surface area contributed by atoms with Gasteiger partial charge in [0.05, 0.1) is 12.6 Å². The number of benzene rings is 1. The first-order valence-electron chi connectivity index (χ1n) is 13.8. The molecule has 0 bridgehead atoms. The Morgan fingerprint density at radius 3 is 2.09 bits per heavy atom. The third-order valence-corrected chi connectivity index (χ3v) is 7.38. The Labute approximate surface area is 253 Å². The van der Waals surface area contributed by atoms with Gasteiger partial charge in [-0.2, -0.15) is 11.8 Å². The van der Waals surface area contributed by atoms with Crippen LogP contribution in [-0.2, 0) is 35.2 Å². The lowest BCUT2D eigenvalue weighted by Crippen LogP contribution is -2.59. The number of phenols is 1. The van der Waals surface area contributed by atoms with Crippen LogP contribution in [0.1, 0.15) is 37.7 Å². The molecule has 0 aliphatic carbocycles. The summed E-state index contributed by atoms with van der Waals surface area (Å²) in [5.74, 6) is -4.62. The minimum absolute atomic E-state index is 0.0172. The van der Waals surface area contributed by atoms with Crippen molar-refractivity contribution in [2.45, 2.75) is 68.7 Å². The molecule has 1 aromatic rings. The first kappa shape index (κ1) is 35.3. The number of nitrogens with two attached hydrogens (primary N) is 1. The topological polar surface area (TPSA) is 249 Å². The number of aliphatic carboxylic acids is 1. The van der Waals surface area contributed by atoms with E-state index in [0.29, 0.717) is 24.3 Å². The molecule has 1 aliphatic heterocycles. The Hall–Kier alpha value is -3.89. The Morgan fingerprint density at radius 1 is 0.930 bits per heavy atom. The molecule has 5 atom stereocenters. The minimum atomic E-state index is -1.51. The van der Waals surface area contributed by atoms with E-state index in [1.165, 1.54) is 23.9 Å². The summed E-state index contributed by atoms with van der Waals surface area (Å²) < 4.78 is 0. The first-order chi connectivity index (χ1) is 20.4. The number of amides is 5. The second-order valence-electron chi connectivity index (χ2n) is 10.1. The van der Waals surface area contributed by atoms with E-state index < -0.39 is 72.3 Å². The summed E-state index contributed by atoms with van der Waals surface area (Å²) in [5.41, 5.74) is 5.69. The third-order valence-electron chi connectivity index (χ3n) is 6.74. The maximum absolute atomic E-state index is 13.3. The van der Waals surface area contributed by atoms with Gasteiger partial charge in [0.15, 0.2) is 0 Å². The smallest absolute Gasteiger partial charge is 0.326 e. The van der Waals surface area contributed by atoms with Crippen molar-refractivity contribution in [1.82, 2.24) is 26.6 Å². The van der Waals surface area contributed by atoms with Gasteiger partial charge in [0.1, 0.15) is 29.9 Å². The fourth-order valence-electron chi connectivity index (χ4n) is 4.32. The molecule has 0 aromatic heterocycles. The number of carboxylic acids is 1. The number of thioether (sulfide) groups is 1. The fraction of sp³-hybridized carbons (Fsp3) is 0.556. The summed E-state index contributed by atoms with van der Waals surface area (Å²) >= 11 is 1.37. The highest BCUT2D eigenvalue weighted by atomic mass is 32.2. The fourth-order valence-corrected chi connectivity index (χ4v) is 4.79. The maximum atomic E-state index is 13.3. The molecule has 1 aromatic carbocycles. The lowest BCUT2D eigenvalue weighted by molar-refractivity contribution is -0.142. The average molecular weight is 625 g/mol. The molecule has 0 unspecified atom stereocenters. The highest BCUT2D eigenvalue weighted by Gasteiger charge is 2.32. The van der Waals surface area contributed by atoms with Crippen LogP contribution in [0.15, 0.2) is 24.3 Å². The number of carboxylic acid groups (broad SMARTS) is 1. The zero-order chi connectivity index (χ0) is 31.9. The molecule has 0 radical (unpaired) electrons. The minimum Gasteiger partial charge on any atom is -0.508 e. The molecule has 16 heteroatoms. The van der Waals surface area contributed by atoms with E-state index in [1.807, 2.05) is 0 Å². The number of carbonyl (C=O) groups excluding carboxylic acids is 5. The Kier molecular flexibility index (Phi) is 14.7. The van der Waals surface area contributed by atoms with Crippen molar-refractivity contribution in [3.05, 3.63) is 29.8 Å². The van der Waals surface area contributed by atoms with Gasteiger partial charge in [0.2, 0.25) is 29.5 Å². The number of rotatable bonds is 18. The quantitative estimate of drug-likeness (QED) is 0.0841. The summed E-state index contributed by atoms with van der Waals surface area (Å²) in [4.78, 5) is 74.8. The number of phenolic OH excluding ortho intramolecular Hbond substituents is 1. The van der Waals surface area contributed by atoms with Gasteiger partial charge in [-0.05, 0) is 61.9 Å². The molecule has 5 amide bonds. The van der Waals surface area contributed by atoms with Crippen LogP contribution in [0.3, 0.4) is 0 Å². The number of aliphatic hydroxyl groups is 1. The number of aromatic hydroxyl groups is 1. The highest BCUT2D eigenvalue weighted by Crippen LogP contribution is 2.13. The number of primary amides is 1. The van der Waals surface area contributed by atoms with Gasteiger partial charge in [-0.1, -0.05) is 12.1 Å². The maximum Gasteiger partial charge on any atom is 0.326 e. The molecule has 1 aliphatic rings. The molecule has 0 saturated carbocycles. The summed E-state index contributed by atoms with van der Waals surface area (Å²) in [6.07, 6.45) is 2.74. The molecular formula is C27H40N6O9S. The average Bonchev–Trinajstić information content (AvgIpc) is 3.51. The van der Waals surface area contributed by atoms with Crippen LogP contribution in [0, 0.1) is 0 Å². The molecule has 43 heavy (non-hydrogen) atoms. The third kappa shape index (κ3) is 12.1. The van der Waals surface area contributed by atoms with Crippen LogP contribution in [0.25, 0.3) is 0 Å². The van der Waals surface area contributed by atoms with Crippen LogP contribution >= 0.6 is 11.8 Å². The van der Waals surface area contributed by atoms with Crippen LogP contribution in [-0.4, -0.2) is 106 Å². The summed E-state index contributed by atoms with van der Waals surface area (Å²) in [6, 6.07) is 0.227. The molecule has 0 spiro atoms. The summed E-state index contributed by atoms with van der Waals surface area (Å²) in [5, 5.41) is 41.8. The number of hydrogen-bond donors (Lipinski definition) is 9. The van der Waals surface area contributed by atoms with E-state index in [-0.39, 0.29) is 31.4 Å². The molecule has 1 saturated heterocycles. The van der Waals surface area contributed by atoms with Gasteiger partial charge in [0, 0.05) is 12.8 Å². The van der Waals surface area contributed by atoms with E-state index >= 15 is 0 Å². The van der Waals surface area contributed by atoms with Crippen LogP contribution in [0.5, 0.6) is 5.75 Å². The van der Waals surface area contributed by atoms with Gasteiger partial charge in [-0.25, -0.2) is 4.79 Å². The van der Waals surface area contributed by atoms with E-state index in [2.05, 4.69) is 26.6 Å². The predicted molar refractivity (Wildman–Crippen MR) is 157 cm³/mol. The SMILES string of the molecule is CSCC[C@H](NC(=O)[C@H](CO)NC(=O)[C@H](Cc1ccc(O)cc1)NC(=O)[C@@H]1CCCN1)C(=O)N[C@@H](CCC(N)=O)C(=O)O. The largest absolute Gasteiger partial charge is 0.508 e. The number of carbonyl (C=O) groups is 6. The van der Waals surface area contributed by atoms with Crippen molar-refractivity contribution in [1.29, 1.82) is 0 Å². The van der Waals surface area contributed by atoms with Crippen molar-refractivity contribution in [3.8, 4) is 5.75 Å². The molecule has 1 fully saturated rings. The zero-order valence-corrected chi connectivity index (χ0v) is 24.7. The number of hydrogen-bond acceptors (Lipinski definition) is 10. The summed E-state index contributed by atoms with van der Waals surface area (Å²) in [6.45, 7) is -0.182. The zero-order valence-electron chi connectivity index (χ0n) is 23.8. The lowest BCUT2D eigenvalue weighted by Gasteiger charge is -2.25. The van der Waals surface area contributed by atoms with Crippen molar-refractivity contribution in [2.75, 3.05) is 25.2 Å². The second-order valence-corrected chi connectivity index (χ2v) is 11.1. The Balaban J connectivity index is 2.14. The molecule has 2 rings (SSSR count). The van der Waals surface area contributed by atoms with Crippen molar-refractivity contribution >= 4 is 47.3 Å². The van der Waals surface area contributed by atoms with Crippen molar-refractivity contribution < 1.29 is 44.1 Å². The molecule has 238 valence electrons. The van der Waals surface area contributed by atoms with Gasteiger partial charge in [-0.15, -0.1) is 0 Å².